The molecule has 0 spiro atoms. The van der Waals surface area contributed by atoms with E-state index in [2.05, 4.69) is 45.3 Å². The number of pyridine rings is 2. The molecule has 0 atom stereocenters. The lowest BCUT2D eigenvalue weighted by molar-refractivity contribution is 0.746. The lowest BCUT2D eigenvalue weighted by atomic mass is 10.0. The maximum atomic E-state index is 12.7. The summed E-state index contributed by atoms with van der Waals surface area (Å²) in [4.78, 5) is 25.4. The van der Waals surface area contributed by atoms with E-state index >= 15 is 0 Å². The third-order valence-electron chi connectivity index (χ3n) is 4.84. The molecule has 0 saturated carbocycles. The minimum atomic E-state index is -0.132. The first-order chi connectivity index (χ1) is 13.8. The standard InChI is InChI=1S/C23H16N4O/c28-23-22-21(5-2-9-25-22)26-15-27(23)14-16-3-1-4-18(11-16)19-7-6-17-8-10-24-13-20(17)12-19/h1-13,15H,14H2. The molecule has 134 valence electrons. The van der Waals surface area contributed by atoms with Crippen LogP contribution in [0.4, 0.5) is 0 Å². The summed E-state index contributed by atoms with van der Waals surface area (Å²) < 4.78 is 1.60. The fourth-order valence-corrected chi connectivity index (χ4v) is 3.41. The lowest BCUT2D eigenvalue weighted by Crippen LogP contribution is -2.21. The van der Waals surface area contributed by atoms with Crippen LogP contribution >= 0.6 is 0 Å². The third-order valence-corrected chi connectivity index (χ3v) is 4.84. The minimum Gasteiger partial charge on any atom is -0.293 e. The molecule has 0 fully saturated rings. The molecule has 5 heteroatoms. The van der Waals surface area contributed by atoms with Crippen molar-refractivity contribution >= 4 is 21.8 Å². The van der Waals surface area contributed by atoms with E-state index < -0.39 is 0 Å². The van der Waals surface area contributed by atoms with Crippen molar-refractivity contribution in [2.75, 3.05) is 0 Å². The lowest BCUT2D eigenvalue weighted by Gasteiger charge is -2.09. The van der Waals surface area contributed by atoms with Crippen LogP contribution in [-0.2, 0) is 6.54 Å². The molecule has 0 aliphatic carbocycles. The zero-order chi connectivity index (χ0) is 18.9. The van der Waals surface area contributed by atoms with Crippen molar-refractivity contribution in [1.29, 1.82) is 0 Å². The molecule has 0 N–H and O–H groups in total. The number of hydrogen-bond acceptors (Lipinski definition) is 4. The van der Waals surface area contributed by atoms with Crippen molar-refractivity contribution in [3.63, 3.8) is 0 Å². The Morgan fingerprint density at radius 1 is 0.821 bits per heavy atom. The number of nitrogens with zero attached hydrogens (tertiary/aromatic N) is 4. The molecule has 3 aromatic heterocycles. The molecule has 0 radical (unpaired) electrons. The molecule has 0 amide bonds. The van der Waals surface area contributed by atoms with E-state index in [0.29, 0.717) is 17.6 Å². The highest BCUT2D eigenvalue weighted by Gasteiger charge is 2.07. The highest BCUT2D eigenvalue weighted by Crippen LogP contribution is 2.25. The van der Waals surface area contributed by atoms with Gasteiger partial charge in [0.05, 0.1) is 18.4 Å². The van der Waals surface area contributed by atoms with E-state index in [1.54, 1.807) is 35.4 Å². The van der Waals surface area contributed by atoms with Crippen LogP contribution in [0.3, 0.4) is 0 Å². The van der Waals surface area contributed by atoms with Crippen molar-refractivity contribution in [3.05, 3.63) is 101 Å². The number of fused-ring (bicyclic) bond motifs is 2. The molecule has 5 nitrogen and oxygen atoms in total. The topological polar surface area (TPSA) is 60.7 Å². The van der Waals surface area contributed by atoms with Crippen LogP contribution in [0.5, 0.6) is 0 Å². The molecule has 0 unspecified atom stereocenters. The summed E-state index contributed by atoms with van der Waals surface area (Å²) in [5.41, 5.74) is 4.12. The van der Waals surface area contributed by atoms with Gasteiger partial charge < -0.3 is 0 Å². The maximum absolute atomic E-state index is 12.7. The average molecular weight is 364 g/mol. The molecule has 0 bridgehead atoms. The van der Waals surface area contributed by atoms with Gasteiger partial charge in [0.25, 0.3) is 5.56 Å². The second kappa shape index (κ2) is 6.70. The summed E-state index contributed by atoms with van der Waals surface area (Å²) in [6, 6.07) is 20.1. The summed E-state index contributed by atoms with van der Waals surface area (Å²) in [6.07, 6.45) is 6.87. The fourth-order valence-electron chi connectivity index (χ4n) is 3.41. The maximum Gasteiger partial charge on any atom is 0.280 e. The molecule has 5 rings (SSSR count). The van der Waals surface area contributed by atoms with E-state index in [-0.39, 0.29) is 5.56 Å². The van der Waals surface area contributed by atoms with Crippen molar-refractivity contribution < 1.29 is 0 Å². The Bertz CT molecular complexity index is 1370. The van der Waals surface area contributed by atoms with Gasteiger partial charge in [0.2, 0.25) is 0 Å². The number of hydrogen-bond donors (Lipinski definition) is 0. The highest BCUT2D eigenvalue weighted by atomic mass is 16.1. The van der Waals surface area contributed by atoms with Crippen molar-refractivity contribution in [2.45, 2.75) is 6.54 Å². The van der Waals surface area contributed by atoms with Crippen LogP contribution < -0.4 is 5.56 Å². The van der Waals surface area contributed by atoms with Gasteiger partial charge in [-0.05, 0) is 52.4 Å². The summed E-state index contributed by atoms with van der Waals surface area (Å²) >= 11 is 0. The first-order valence-corrected chi connectivity index (χ1v) is 9.01. The molecule has 2 aromatic carbocycles. The van der Waals surface area contributed by atoms with Crippen LogP contribution in [-0.4, -0.2) is 19.5 Å². The Kier molecular flexibility index (Phi) is 3.91. The molecule has 5 aromatic rings. The van der Waals surface area contributed by atoms with Crippen molar-refractivity contribution in [1.82, 2.24) is 19.5 Å². The molecular weight excluding hydrogens is 348 g/mol. The predicted molar refractivity (Wildman–Crippen MR) is 110 cm³/mol. The van der Waals surface area contributed by atoms with Gasteiger partial charge in [0.1, 0.15) is 0 Å². The Labute approximate surface area is 161 Å². The second-order valence-electron chi connectivity index (χ2n) is 6.69. The van der Waals surface area contributed by atoms with Gasteiger partial charge in [-0.3, -0.25) is 14.3 Å². The molecule has 0 aliphatic heterocycles. The van der Waals surface area contributed by atoms with Gasteiger partial charge in [0.15, 0.2) is 5.52 Å². The summed E-state index contributed by atoms with van der Waals surface area (Å²) in [6.45, 7) is 0.446. The Balaban J connectivity index is 1.52. The normalized spacial score (nSPS) is 11.1. The molecule has 0 saturated heterocycles. The van der Waals surface area contributed by atoms with E-state index in [1.165, 1.54) is 0 Å². The summed E-state index contributed by atoms with van der Waals surface area (Å²) in [5.74, 6) is 0. The Hall–Kier alpha value is -3.86. The van der Waals surface area contributed by atoms with Crippen molar-refractivity contribution in [3.8, 4) is 11.1 Å². The van der Waals surface area contributed by atoms with Crippen molar-refractivity contribution in [2.24, 2.45) is 0 Å². The largest absolute Gasteiger partial charge is 0.293 e. The fraction of sp³-hybridized carbons (Fsp3) is 0.0435. The van der Waals surface area contributed by atoms with Gasteiger partial charge in [-0.25, -0.2) is 9.97 Å². The Morgan fingerprint density at radius 2 is 1.75 bits per heavy atom. The average Bonchev–Trinajstić information content (AvgIpc) is 2.76. The van der Waals surface area contributed by atoms with Crippen LogP contribution in [0.15, 0.2) is 90.4 Å². The van der Waals surface area contributed by atoms with Crippen LogP contribution in [0.1, 0.15) is 5.56 Å². The Morgan fingerprint density at radius 3 is 2.71 bits per heavy atom. The molecular formula is C23H16N4O. The van der Waals surface area contributed by atoms with E-state index in [4.69, 9.17) is 0 Å². The quantitative estimate of drug-likeness (QED) is 0.484. The minimum absolute atomic E-state index is 0.132. The molecule has 28 heavy (non-hydrogen) atoms. The predicted octanol–water partition coefficient (Wildman–Crippen LogP) is 4.06. The smallest absolute Gasteiger partial charge is 0.280 e. The van der Waals surface area contributed by atoms with Gasteiger partial charge >= 0.3 is 0 Å². The van der Waals surface area contributed by atoms with E-state index in [1.807, 2.05) is 24.4 Å². The second-order valence-corrected chi connectivity index (χ2v) is 6.69. The number of rotatable bonds is 3. The van der Waals surface area contributed by atoms with Gasteiger partial charge in [-0.2, -0.15) is 0 Å². The first kappa shape index (κ1) is 16.3. The summed E-state index contributed by atoms with van der Waals surface area (Å²) in [5, 5.41) is 2.27. The van der Waals surface area contributed by atoms with Gasteiger partial charge in [-0.1, -0.05) is 30.3 Å². The molecule has 0 aliphatic rings. The van der Waals surface area contributed by atoms with Crippen LogP contribution in [0.25, 0.3) is 32.9 Å². The SMILES string of the molecule is O=c1c2ncccc2ncn1Cc1cccc(-c2ccc3ccncc3c2)c1. The molecule has 3 heterocycles. The zero-order valence-corrected chi connectivity index (χ0v) is 15.0. The highest BCUT2D eigenvalue weighted by molar-refractivity contribution is 5.86. The van der Waals surface area contributed by atoms with E-state index in [9.17, 15) is 4.79 Å². The number of benzene rings is 2. The van der Waals surface area contributed by atoms with Gasteiger partial charge in [0, 0.05) is 24.0 Å². The van der Waals surface area contributed by atoms with Crippen LogP contribution in [0.2, 0.25) is 0 Å². The van der Waals surface area contributed by atoms with Gasteiger partial charge in [-0.15, -0.1) is 0 Å². The van der Waals surface area contributed by atoms with E-state index in [0.717, 1.165) is 27.5 Å². The third kappa shape index (κ3) is 2.93. The number of aromatic nitrogens is 4. The monoisotopic (exact) mass is 364 g/mol. The van der Waals surface area contributed by atoms with Crippen LogP contribution in [0, 0.1) is 0 Å². The zero-order valence-electron chi connectivity index (χ0n) is 15.0. The summed E-state index contributed by atoms with van der Waals surface area (Å²) in [7, 11) is 0. The first-order valence-electron chi connectivity index (χ1n) is 9.01.